The van der Waals surface area contributed by atoms with Crippen molar-refractivity contribution in [1.82, 2.24) is 15.6 Å². The highest BCUT2D eigenvalue weighted by Gasteiger charge is 2.37. The van der Waals surface area contributed by atoms with E-state index in [9.17, 15) is 36.0 Å². The number of fused-ring (bicyclic) bond motifs is 1. The quantitative estimate of drug-likeness (QED) is 0.533. The third kappa shape index (κ3) is 8.54. The van der Waals surface area contributed by atoms with Crippen molar-refractivity contribution in [1.29, 1.82) is 0 Å². The van der Waals surface area contributed by atoms with E-state index < -0.39 is 63.3 Å². The van der Waals surface area contributed by atoms with Gasteiger partial charge in [0.05, 0.1) is 17.3 Å². The summed E-state index contributed by atoms with van der Waals surface area (Å²) in [5, 5.41) is 5.56. The van der Waals surface area contributed by atoms with Crippen molar-refractivity contribution in [2.24, 2.45) is 0 Å². The van der Waals surface area contributed by atoms with Gasteiger partial charge >= 0.3 is 12.3 Å². The number of benzene rings is 1. The molecular formula is C27H35F3N4O6S. The number of nitrogens with zero attached hydrogens (tertiary/aromatic N) is 2. The topological polar surface area (TPSA) is 135 Å². The van der Waals surface area contributed by atoms with Gasteiger partial charge in [-0.05, 0) is 62.4 Å². The van der Waals surface area contributed by atoms with Gasteiger partial charge in [-0.15, -0.1) is 0 Å². The molecule has 3 rings (SSSR count). The number of alkyl halides is 3. The molecule has 2 aromatic rings. The molecule has 1 aliphatic rings. The first-order valence-corrected chi connectivity index (χ1v) is 14.7. The van der Waals surface area contributed by atoms with Crippen LogP contribution in [0.2, 0.25) is 0 Å². The van der Waals surface area contributed by atoms with E-state index in [1.807, 2.05) is 20.8 Å². The van der Waals surface area contributed by atoms with Crippen LogP contribution in [0, 0.1) is 6.92 Å². The molecule has 0 bridgehead atoms. The maximum Gasteiger partial charge on any atom is 0.415 e. The first-order valence-electron chi connectivity index (χ1n) is 12.9. The monoisotopic (exact) mass is 600 g/mol. The van der Waals surface area contributed by atoms with Gasteiger partial charge in [-0.2, -0.15) is 13.2 Å². The van der Waals surface area contributed by atoms with E-state index in [1.54, 1.807) is 27.7 Å². The van der Waals surface area contributed by atoms with E-state index in [0.717, 1.165) is 0 Å². The molecule has 1 fully saturated rings. The average Bonchev–Trinajstić information content (AvgIpc) is 2.76. The number of hydrogen-bond donors (Lipinski definition) is 2. The third-order valence-corrected chi connectivity index (χ3v) is 7.70. The Balaban J connectivity index is 2.05. The number of nitrogens with one attached hydrogen (secondary N) is 2. The van der Waals surface area contributed by atoms with Crippen molar-refractivity contribution in [3.63, 3.8) is 0 Å². The molecule has 10 nitrogen and oxygen atoms in total. The van der Waals surface area contributed by atoms with Gasteiger partial charge in [0.15, 0.2) is 9.84 Å². The molecule has 1 aromatic carbocycles. The van der Waals surface area contributed by atoms with Crippen molar-refractivity contribution < 1.29 is 40.7 Å². The smallest absolute Gasteiger partial charge is 0.415 e. The van der Waals surface area contributed by atoms with Gasteiger partial charge in [0.1, 0.15) is 23.6 Å². The second-order valence-corrected chi connectivity index (χ2v) is 14.3. The molecule has 226 valence electrons. The molecule has 0 unspecified atom stereocenters. The van der Waals surface area contributed by atoms with Gasteiger partial charge in [-0.1, -0.05) is 20.8 Å². The molecule has 2 N–H and O–H groups in total. The maximum absolute atomic E-state index is 13.6. The molecule has 0 radical (unpaired) electrons. The molecule has 0 saturated carbocycles. The number of anilines is 1. The molecule has 0 spiro atoms. The number of carbonyl (C=O) groups is 3. The minimum atomic E-state index is -4.71. The average molecular weight is 601 g/mol. The first kappa shape index (κ1) is 32.1. The van der Waals surface area contributed by atoms with Crippen LogP contribution in [0.25, 0.3) is 10.9 Å². The second kappa shape index (κ2) is 11.1. The third-order valence-electron chi connectivity index (χ3n) is 6.09. The number of rotatable bonds is 5. The Morgan fingerprint density at radius 3 is 2.29 bits per heavy atom. The highest BCUT2D eigenvalue weighted by molar-refractivity contribution is 7.92. The molecule has 14 heteroatoms. The van der Waals surface area contributed by atoms with Gasteiger partial charge in [0.25, 0.3) is 5.91 Å². The van der Waals surface area contributed by atoms with Gasteiger partial charge in [-0.3, -0.25) is 14.5 Å². The molecule has 0 aliphatic carbocycles. The minimum Gasteiger partial charge on any atom is -0.443 e. The Labute approximate surface area is 236 Å². The van der Waals surface area contributed by atoms with Crippen LogP contribution in [0.3, 0.4) is 0 Å². The maximum atomic E-state index is 13.6. The molecule has 1 aromatic heterocycles. The Kier molecular flexibility index (Phi) is 8.69. The number of pyridine rings is 1. The Morgan fingerprint density at radius 1 is 1.12 bits per heavy atom. The summed E-state index contributed by atoms with van der Waals surface area (Å²) in [6.07, 6.45) is -5.87. The van der Waals surface area contributed by atoms with E-state index in [0.29, 0.717) is 26.9 Å². The zero-order valence-corrected chi connectivity index (χ0v) is 24.8. The minimum absolute atomic E-state index is 0.00228. The summed E-state index contributed by atoms with van der Waals surface area (Å²) in [5.74, 6) is -2.18. The fourth-order valence-corrected chi connectivity index (χ4v) is 5.78. The number of aryl methyl sites for hydroxylation is 1. The van der Waals surface area contributed by atoms with Crippen LogP contribution in [-0.2, 0) is 24.8 Å². The van der Waals surface area contributed by atoms with Crippen LogP contribution < -0.4 is 15.5 Å². The summed E-state index contributed by atoms with van der Waals surface area (Å²) >= 11 is 0. The molecule has 41 heavy (non-hydrogen) atoms. The van der Waals surface area contributed by atoms with Crippen LogP contribution in [0.5, 0.6) is 0 Å². The Bertz CT molecular complexity index is 1480. The van der Waals surface area contributed by atoms with Crippen LogP contribution >= 0.6 is 0 Å². The molecule has 3 amide bonds. The van der Waals surface area contributed by atoms with Crippen LogP contribution in [0.4, 0.5) is 23.7 Å². The summed E-state index contributed by atoms with van der Waals surface area (Å²) in [6, 6.07) is 3.50. The van der Waals surface area contributed by atoms with Crippen molar-refractivity contribution in [3.05, 3.63) is 35.0 Å². The van der Waals surface area contributed by atoms with Crippen LogP contribution in [-0.4, -0.2) is 73.7 Å². The predicted molar refractivity (Wildman–Crippen MR) is 148 cm³/mol. The summed E-state index contributed by atoms with van der Waals surface area (Å²) in [4.78, 5) is 42.6. The lowest BCUT2D eigenvalue weighted by molar-refractivity contribution is -0.120. The van der Waals surface area contributed by atoms with E-state index in [4.69, 9.17) is 4.74 Å². The van der Waals surface area contributed by atoms with Crippen LogP contribution in [0.15, 0.2) is 18.2 Å². The molecule has 1 aliphatic heterocycles. The fourth-order valence-electron chi connectivity index (χ4n) is 4.37. The second-order valence-electron chi connectivity index (χ2n) is 12.2. The summed E-state index contributed by atoms with van der Waals surface area (Å²) in [7, 11) is -3.58. The van der Waals surface area contributed by atoms with E-state index >= 15 is 0 Å². The largest absolute Gasteiger partial charge is 0.443 e. The van der Waals surface area contributed by atoms with Crippen LogP contribution in [0.1, 0.15) is 63.2 Å². The number of sulfone groups is 1. The Hall–Kier alpha value is -3.42. The summed E-state index contributed by atoms with van der Waals surface area (Å²) in [5.41, 5.74) is -0.378. The number of halogens is 3. The SMILES string of the molecule is Cc1cc(C(=O)NC[C@@H]2CS(=O)(=O)CC(=O)N2)nc2c(C(C)(C)C)cc(N(CC(F)(F)F)C(=O)OC(C)(C)C)cc12. The fraction of sp³-hybridized carbons (Fsp3) is 0.556. The first-order chi connectivity index (χ1) is 18.5. The normalized spacial score (nSPS) is 17.6. The lowest BCUT2D eigenvalue weighted by Crippen LogP contribution is -2.53. The molecule has 1 atom stereocenters. The molecule has 2 heterocycles. The number of carbonyl (C=O) groups excluding carboxylic acids is 3. The van der Waals surface area contributed by atoms with Crippen molar-refractivity contribution >= 4 is 44.3 Å². The zero-order valence-electron chi connectivity index (χ0n) is 24.0. The summed E-state index contributed by atoms with van der Waals surface area (Å²) in [6.45, 7) is 10.1. The van der Waals surface area contributed by atoms with E-state index in [-0.39, 0.29) is 23.7 Å². The van der Waals surface area contributed by atoms with Crippen molar-refractivity contribution in [2.75, 3.05) is 29.5 Å². The van der Waals surface area contributed by atoms with Gasteiger partial charge < -0.3 is 15.4 Å². The van der Waals surface area contributed by atoms with Gasteiger partial charge in [-0.25, -0.2) is 18.2 Å². The standard InChI is InChI=1S/C27H35F3N4O6S/c1-15-8-20(23(36)31-11-16-12-41(38,39)13-21(35)32-16)33-22-18(15)9-17(10-19(22)25(2,3)4)34(14-27(28,29)30)24(37)40-26(5,6)7/h8-10,16H,11-14H2,1-7H3,(H,31,36)(H,32,35)/t16-/m1/s1. The van der Waals surface area contributed by atoms with E-state index in [1.165, 1.54) is 18.2 Å². The Morgan fingerprint density at radius 2 is 1.76 bits per heavy atom. The number of hydrogen-bond acceptors (Lipinski definition) is 7. The molecule has 1 saturated heterocycles. The predicted octanol–water partition coefficient (Wildman–Crippen LogP) is 3.79. The lowest BCUT2D eigenvalue weighted by atomic mass is 9.84. The number of ether oxygens (including phenoxy) is 1. The number of amides is 3. The van der Waals surface area contributed by atoms with Crippen molar-refractivity contribution in [2.45, 2.75) is 71.7 Å². The zero-order chi connectivity index (χ0) is 31.1. The highest BCUT2D eigenvalue weighted by atomic mass is 32.2. The number of aromatic nitrogens is 1. The highest BCUT2D eigenvalue weighted by Crippen LogP contribution is 2.36. The lowest BCUT2D eigenvalue weighted by Gasteiger charge is -2.30. The van der Waals surface area contributed by atoms with Crippen molar-refractivity contribution in [3.8, 4) is 0 Å². The van der Waals surface area contributed by atoms with Gasteiger partial charge in [0, 0.05) is 17.6 Å². The summed E-state index contributed by atoms with van der Waals surface area (Å²) < 4.78 is 69.7. The van der Waals surface area contributed by atoms with Gasteiger partial charge in [0.2, 0.25) is 5.91 Å². The molecular weight excluding hydrogens is 565 g/mol. The van der Waals surface area contributed by atoms with E-state index in [2.05, 4.69) is 15.6 Å².